The lowest BCUT2D eigenvalue weighted by molar-refractivity contribution is -0.000252. The van der Waals surface area contributed by atoms with Gasteiger partial charge in [0.2, 0.25) is 5.96 Å². The first kappa shape index (κ1) is 32.5. The monoisotopic (exact) mass is 535 g/mol. The van der Waals surface area contributed by atoms with Gasteiger partial charge in [-0.2, -0.15) is 0 Å². The van der Waals surface area contributed by atoms with Crippen LogP contribution in [-0.4, -0.2) is 59.0 Å². The highest BCUT2D eigenvalue weighted by atomic mass is 16.6. The van der Waals surface area contributed by atoms with Crippen molar-refractivity contribution < 1.29 is 28.6 Å². The number of ether oxygens (including phenoxy) is 3. The Hall–Kier alpha value is -3.50. The Kier molecular flexibility index (Phi) is 11.4. The number of rotatable bonds is 6. The van der Waals surface area contributed by atoms with Gasteiger partial charge in [-0.15, -0.1) is 0 Å². The number of anilines is 2. The maximum atomic E-state index is 13.0. The highest BCUT2D eigenvalue weighted by Gasteiger charge is 2.32. The number of hydrogen-bond acceptors (Lipinski definition) is 8. The third-order valence-electron chi connectivity index (χ3n) is 4.23. The van der Waals surface area contributed by atoms with E-state index in [1.54, 1.807) is 80.5 Å². The Bertz CT molecular complexity index is 975. The van der Waals surface area contributed by atoms with Gasteiger partial charge in [0.25, 0.3) is 0 Å². The summed E-state index contributed by atoms with van der Waals surface area (Å²) in [5.74, 6) is 0.194. The lowest BCUT2D eigenvalue weighted by atomic mass is 10.1. The molecule has 0 bridgehead atoms. The van der Waals surface area contributed by atoms with Crippen LogP contribution in [0.2, 0.25) is 0 Å². The molecule has 0 atom stereocenters. The number of imide groups is 1. The second kappa shape index (κ2) is 13.3. The maximum Gasteiger partial charge on any atom is 0.420 e. The number of aliphatic imine (C=N–C) groups is 1. The maximum absolute atomic E-state index is 13.0. The Balaban J connectivity index is 3.35. The fraction of sp³-hybridized carbons (Fsp3) is 0.630. The van der Waals surface area contributed by atoms with Gasteiger partial charge in [0.15, 0.2) is 0 Å². The van der Waals surface area contributed by atoms with E-state index in [-0.39, 0.29) is 12.5 Å². The van der Waals surface area contributed by atoms with Gasteiger partial charge in [-0.3, -0.25) is 10.3 Å². The summed E-state index contributed by atoms with van der Waals surface area (Å²) >= 11 is 0. The Morgan fingerprint density at radius 1 is 0.842 bits per heavy atom. The molecule has 11 heteroatoms. The predicted octanol–water partition coefficient (Wildman–Crippen LogP) is 6.10. The predicted molar refractivity (Wildman–Crippen MR) is 150 cm³/mol. The van der Waals surface area contributed by atoms with Crippen molar-refractivity contribution in [3.63, 3.8) is 0 Å². The van der Waals surface area contributed by atoms with E-state index in [0.29, 0.717) is 30.0 Å². The fourth-order valence-corrected chi connectivity index (χ4v) is 2.98. The van der Waals surface area contributed by atoms with Crippen molar-refractivity contribution in [2.45, 2.75) is 99.5 Å². The van der Waals surface area contributed by atoms with E-state index in [9.17, 15) is 14.4 Å². The van der Waals surface area contributed by atoms with E-state index in [1.807, 2.05) is 13.8 Å². The van der Waals surface area contributed by atoms with Crippen LogP contribution in [0.1, 0.15) is 81.7 Å². The third-order valence-corrected chi connectivity index (χ3v) is 4.23. The number of carbonyl (C=O) groups excluding carboxylic acids is 3. The van der Waals surface area contributed by atoms with Gasteiger partial charge in [0, 0.05) is 24.5 Å². The van der Waals surface area contributed by atoms with E-state index in [0.717, 1.165) is 4.90 Å². The van der Waals surface area contributed by atoms with Crippen molar-refractivity contribution in [2.24, 2.45) is 4.99 Å². The van der Waals surface area contributed by atoms with E-state index in [2.05, 4.69) is 20.9 Å². The van der Waals surface area contributed by atoms with Gasteiger partial charge in [0.05, 0.1) is 6.54 Å². The summed E-state index contributed by atoms with van der Waals surface area (Å²) in [7, 11) is 0. The van der Waals surface area contributed by atoms with Crippen LogP contribution in [0.3, 0.4) is 0 Å². The molecule has 0 saturated carbocycles. The average molecular weight is 536 g/mol. The average Bonchev–Trinajstić information content (AvgIpc) is 2.69. The minimum Gasteiger partial charge on any atom is -0.444 e. The van der Waals surface area contributed by atoms with Crippen molar-refractivity contribution in [1.82, 2.24) is 10.2 Å². The number of benzene rings is 1. The van der Waals surface area contributed by atoms with Crippen molar-refractivity contribution in [3.8, 4) is 0 Å². The molecule has 0 unspecified atom stereocenters. The van der Waals surface area contributed by atoms with E-state index in [4.69, 9.17) is 14.2 Å². The van der Waals surface area contributed by atoms with Gasteiger partial charge < -0.3 is 24.8 Å². The molecular weight excluding hydrogens is 490 g/mol. The van der Waals surface area contributed by atoms with Gasteiger partial charge in [-0.25, -0.2) is 19.3 Å². The Labute approximate surface area is 226 Å². The molecule has 0 aliphatic carbocycles. The molecular formula is C27H45N5O6. The molecule has 0 spiro atoms. The lowest BCUT2D eigenvalue weighted by Gasteiger charge is -2.29. The number of nitrogens with one attached hydrogen (secondary N) is 3. The largest absolute Gasteiger partial charge is 0.444 e. The summed E-state index contributed by atoms with van der Waals surface area (Å²) in [5.41, 5.74) is -0.410. The van der Waals surface area contributed by atoms with E-state index in [1.165, 1.54) is 0 Å². The third kappa shape index (κ3) is 12.6. The molecule has 0 aromatic heterocycles. The summed E-state index contributed by atoms with van der Waals surface area (Å²) in [5, 5.41) is 8.93. The molecule has 3 N–H and O–H groups in total. The van der Waals surface area contributed by atoms with Crippen LogP contribution >= 0.6 is 0 Å². The quantitative estimate of drug-likeness (QED) is 0.226. The highest BCUT2D eigenvalue weighted by molar-refractivity contribution is 6.02. The molecule has 0 fully saturated rings. The minimum absolute atomic E-state index is 0.124. The van der Waals surface area contributed by atoms with Crippen LogP contribution in [0.25, 0.3) is 0 Å². The summed E-state index contributed by atoms with van der Waals surface area (Å²) in [6.45, 7) is 20.3. The zero-order chi connectivity index (χ0) is 29.3. The molecule has 11 nitrogen and oxygen atoms in total. The van der Waals surface area contributed by atoms with Crippen LogP contribution < -0.4 is 16.0 Å². The Morgan fingerprint density at radius 2 is 1.37 bits per heavy atom. The number of amides is 3. The van der Waals surface area contributed by atoms with Crippen molar-refractivity contribution in [3.05, 3.63) is 23.8 Å². The summed E-state index contributed by atoms with van der Waals surface area (Å²) in [6, 6.07) is 5.34. The normalized spacial score (nSPS) is 12.3. The standard InChI is InChI=1S/C27H45N5O6/c1-12-28-20-15-14-19(30-21(29-13-2)31-22(33)36-25(3,4)5)16-18(20)17-32(23(34)37-26(6,7)8)24(35)38-27(9,10)11/h14-16,28H,12-13,17H2,1-11H3,(H2,29,30,31,33). The smallest absolute Gasteiger partial charge is 0.420 e. The lowest BCUT2D eigenvalue weighted by Crippen LogP contribution is -2.43. The topological polar surface area (TPSA) is 131 Å². The minimum atomic E-state index is -0.826. The number of nitrogens with zero attached hydrogens (tertiary/aromatic N) is 2. The van der Waals surface area contributed by atoms with E-state index < -0.39 is 35.1 Å². The Morgan fingerprint density at radius 3 is 1.82 bits per heavy atom. The fourth-order valence-electron chi connectivity index (χ4n) is 2.98. The van der Waals surface area contributed by atoms with Gasteiger partial charge in [-0.05, 0) is 99.9 Å². The molecule has 0 radical (unpaired) electrons. The molecule has 3 amide bonds. The number of guanidine groups is 1. The van der Waals surface area contributed by atoms with E-state index >= 15 is 0 Å². The highest BCUT2D eigenvalue weighted by Crippen LogP contribution is 2.25. The van der Waals surface area contributed by atoms with Gasteiger partial charge >= 0.3 is 18.3 Å². The van der Waals surface area contributed by atoms with Crippen LogP contribution in [0.5, 0.6) is 0 Å². The number of carbonyl (C=O) groups is 3. The van der Waals surface area contributed by atoms with Gasteiger partial charge in [-0.1, -0.05) is 0 Å². The molecule has 214 valence electrons. The van der Waals surface area contributed by atoms with Crippen LogP contribution in [0.15, 0.2) is 23.2 Å². The summed E-state index contributed by atoms with van der Waals surface area (Å²) < 4.78 is 16.3. The summed E-state index contributed by atoms with van der Waals surface area (Å²) in [6.07, 6.45) is -2.30. The molecule has 0 heterocycles. The molecule has 1 rings (SSSR count). The SMILES string of the molecule is CC/N=C(/NC(=O)OC(C)(C)C)Nc1ccc(NCC)c(CN(C(=O)OC(C)(C)C)C(=O)OC(C)(C)C)c1. The number of alkyl carbamates (subject to hydrolysis) is 1. The first-order chi connectivity index (χ1) is 17.3. The van der Waals surface area contributed by atoms with Gasteiger partial charge in [0.1, 0.15) is 16.8 Å². The van der Waals surface area contributed by atoms with Crippen molar-refractivity contribution in [1.29, 1.82) is 0 Å². The summed E-state index contributed by atoms with van der Waals surface area (Å²) in [4.78, 5) is 43.6. The molecule has 38 heavy (non-hydrogen) atoms. The first-order valence-electron chi connectivity index (χ1n) is 12.7. The second-order valence-corrected chi connectivity index (χ2v) is 11.5. The van der Waals surface area contributed by atoms with Crippen LogP contribution in [0, 0.1) is 0 Å². The second-order valence-electron chi connectivity index (χ2n) is 11.5. The molecule has 0 saturated heterocycles. The van der Waals surface area contributed by atoms with Crippen LogP contribution in [-0.2, 0) is 20.8 Å². The number of hydrogen-bond donors (Lipinski definition) is 3. The zero-order valence-electron chi connectivity index (χ0n) is 24.7. The molecule has 0 aliphatic heterocycles. The molecule has 1 aromatic rings. The molecule has 0 aliphatic rings. The van der Waals surface area contributed by atoms with Crippen molar-refractivity contribution >= 4 is 35.6 Å². The van der Waals surface area contributed by atoms with Crippen molar-refractivity contribution in [2.75, 3.05) is 23.7 Å². The zero-order valence-corrected chi connectivity index (χ0v) is 24.7. The molecule has 1 aromatic carbocycles. The first-order valence-corrected chi connectivity index (χ1v) is 12.7. The van der Waals surface area contributed by atoms with Crippen LogP contribution in [0.4, 0.5) is 25.8 Å².